The molecule has 0 aliphatic carbocycles. The van der Waals surface area contributed by atoms with Crippen molar-refractivity contribution < 1.29 is 9.47 Å². The van der Waals surface area contributed by atoms with Crippen LogP contribution in [0.1, 0.15) is 49.9 Å². The lowest BCUT2D eigenvalue weighted by Gasteiger charge is -2.31. The fourth-order valence-corrected chi connectivity index (χ4v) is 3.85. The van der Waals surface area contributed by atoms with E-state index >= 15 is 0 Å². The minimum absolute atomic E-state index is 0.387. The lowest BCUT2D eigenvalue weighted by Crippen LogP contribution is -2.23. The third kappa shape index (κ3) is 3.86. The second-order valence-corrected chi connectivity index (χ2v) is 8.21. The first-order valence-electron chi connectivity index (χ1n) is 9.74. The Morgan fingerprint density at radius 2 is 1.00 bits per heavy atom. The van der Waals surface area contributed by atoms with Crippen molar-refractivity contribution >= 4 is 0 Å². The molecule has 3 aromatic carbocycles. The van der Waals surface area contributed by atoms with Gasteiger partial charge in [-0.1, -0.05) is 88.4 Å². The molecule has 30 heavy (non-hydrogen) atoms. The molecule has 0 aliphatic heterocycles. The van der Waals surface area contributed by atoms with Gasteiger partial charge in [0.25, 0.3) is 12.5 Å². The van der Waals surface area contributed by atoms with Gasteiger partial charge >= 0.3 is 0 Å². The predicted molar refractivity (Wildman–Crippen MR) is 116 cm³/mol. The third-order valence-corrected chi connectivity index (χ3v) is 5.74. The van der Waals surface area contributed by atoms with Crippen LogP contribution in [0.15, 0.2) is 72.8 Å². The molecule has 0 saturated heterocycles. The largest absolute Gasteiger partial charge is 0.388 e. The Kier molecular flexibility index (Phi) is 5.81. The summed E-state index contributed by atoms with van der Waals surface area (Å²) < 4.78 is 10.4. The van der Waals surface area contributed by atoms with Crippen molar-refractivity contribution in [1.82, 2.24) is 0 Å². The van der Waals surface area contributed by atoms with E-state index in [9.17, 15) is 0 Å². The number of para-hydroxylation sites is 2. The molecule has 0 heterocycles. The number of hydrogen-bond donors (Lipinski definition) is 0. The van der Waals surface area contributed by atoms with Crippen LogP contribution in [-0.2, 0) is 10.8 Å². The fourth-order valence-electron chi connectivity index (χ4n) is 3.85. The summed E-state index contributed by atoms with van der Waals surface area (Å²) in [6, 6.07) is 23.6. The summed E-state index contributed by atoms with van der Waals surface area (Å²) in [5.41, 5.74) is 3.30. The molecule has 0 aliphatic rings. The molecule has 0 atom stereocenters. The summed E-state index contributed by atoms with van der Waals surface area (Å²) in [5, 5.41) is 18.0. The van der Waals surface area contributed by atoms with Gasteiger partial charge in [-0.25, -0.2) is 0 Å². The van der Waals surface area contributed by atoms with E-state index in [1.165, 1.54) is 0 Å². The van der Waals surface area contributed by atoms with Crippen molar-refractivity contribution in [3.63, 3.8) is 0 Å². The molecule has 0 bridgehead atoms. The van der Waals surface area contributed by atoms with Gasteiger partial charge in [-0.3, -0.25) is 0 Å². The van der Waals surface area contributed by atoms with E-state index < -0.39 is 0 Å². The highest BCUT2D eigenvalue weighted by Gasteiger charge is 2.31. The lowest BCUT2D eigenvalue weighted by molar-refractivity contribution is 0.480. The summed E-state index contributed by atoms with van der Waals surface area (Å²) in [6.07, 6.45) is 3.57. The van der Waals surface area contributed by atoms with Crippen LogP contribution in [0.3, 0.4) is 0 Å². The van der Waals surface area contributed by atoms with Crippen molar-refractivity contribution in [3.8, 4) is 24.0 Å². The number of nitriles is 2. The van der Waals surface area contributed by atoms with E-state index in [1.54, 1.807) is 12.5 Å². The molecule has 3 aromatic rings. The maximum Gasteiger partial charge on any atom is 0.292 e. The minimum Gasteiger partial charge on any atom is -0.388 e. The molecule has 0 spiro atoms. The predicted octanol–water partition coefficient (Wildman–Crippen LogP) is 6.06. The second kappa shape index (κ2) is 8.31. The standard InChI is InChI=1S/C26H24N2O2/c1-25(2,21-12-5-7-14-23(21)29-17-27)19-10-9-11-20(16-19)26(3,4)22-13-6-8-15-24(22)30-18-28/h5-16H,1-4H3. The quantitative estimate of drug-likeness (QED) is 0.475. The van der Waals surface area contributed by atoms with E-state index in [4.69, 9.17) is 20.0 Å². The fraction of sp³-hybridized carbons (Fsp3) is 0.231. The zero-order chi connectivity index (χ0) is 21.8. The van der Waals surface area contributed by atoms with E-state index in [1.807, 2.05) is 54.6 Å². The molecule has 4 heteroatoms. The Balaban J connectivity index is 2.09. The first kappa shape index (κ1) is 21.0. The Hall–Kier alpha value is -3.76. The van der Waals surface area contributed by atoms with Gasteiger partial charge < -0.3 is 9.47 Å². The average molecular weight is 396 g/mol. The SMILES string of the molecule is CC(C)(c1cccc(C(C)(C)c2ccccc2OC#N)c1)c1ccccc1OC#N. The molecule has 4 nitrogen and oxygen atoms in total. The number of benzene rings is 3. The second-order valence-electron chi connectivity index (χ2n) is 8.21. The van der Waals surface area contributed by atoms with E-state index in [0.29, 0.717) is 11.5 Å². The number of ether oxygens (including phenoxy) is 2. The summed E-state index contributed by atoms with van der Waals surface area (Å²) in [5.74, 6) is 1.12. The maximum absolute atomic E-state index is 9.02. The first-order valence-corrected chi connectivity index (χ1v) is 9.74. The van der Waals surface area contributed by atoms with Gasteiger partial charge in [-0.15, -0.1) is 10.5 Å². The van der Waals surface area contributed by atoms with Crippen molar-refractivity contribution in [2.75, 3.05) is 0 Å². The van der Waals surface area contributed by atoms with Crippen LogP contribution in [0.4, 0.5) is 0 Å². The van der Waals surface area contributed by atoms with Crippen LogP contribution in [-0.4, -0.2) is 0 Å². The monoisotopic (exact) mass is 396 g/mol. The molecule has 0 unspecified atom stereocenters. The van der Waals surface area contributed by atoms with Crippen LogP contribution in [0.5, 0.6) is 11.5 Å². The molecular formula is C26H24N2O2. The zero-order valence-corrected chi connectivity index (χ0v) is 17.6. The molecule has 0 aromatic heterocycles. The highest BCUT2D eigenvalue weighted by Crippen LogP contribution is 2.41. The average Bonchev–Trinajstić information content (AvgIpc) is 2.75. The first-order chi connectivity index (χ1) is 14.3. The number of rotatable bonds is 6. The normalized spacial score (nSPS) is 11.3. The Bertz CT molecular complexity index is 1050. The van der Waals surface area contributed by atoms with Crippen LogP contribution in [0.25, 0.3) is 0 Å². The molecule has 0 fully saturated rings. The lowest BCUT2D eigenvalue weighted by atomic mass is 9.73. The topological polar surface area (TPSA) is 66.0 Å². The van der Waals surface area contributed by atoms with Crippen molar-refractivity contribution in [2.45, 2.75) is 38.5 Å². The van der Waals surface area contributed by atoms with Gasteiger partial charge in [-0.05, 0) is 23.3 Å². The summed E-state index contributed by atoms with van der Waals surface area (Å²) in [4.78, 5) is 0. The van der Waals surface area contributed by atoms with E-state index in [0.717, 1.165) is 22.3 Å². The Labute approximate surface area is 177 Å². The smallest absolute Gasteiger partial charge is 0.292 e. The van der Waals surface area contributed by atoms with Gasteiger partial charge in [0.1, 0.15) is 11.5 Å². The van der Waals surface area contributed by atoms with E-state index in [2.05, 4.69) is 45.9 Å². The van der Waals surface area contributed by atoms with Gasteiger partial charge in [0.2, 0.25) is 0 Å². The van der Waals surface area contributed by atoms with Gasteiger partial charge in [0.05, 0.1) is 0 Å². The van der Waals surface area contributed by atoms with Gasteiger partial charge in [0, 0.05) is 22.0 Å². The van der Waals surface area contributed by atoms with Crippen LogP contribution < -0.4 is 9.47 Å². The highest BCUT2D eigenvalue weighted by molar-refractivity contribution is 5.51. The molecular weight excluding hydrogens is 372 g/mol. The minimum atomic E-state index is -0.387. The van der Waals surface area contributed by atoms with Crippen molar-refractivity contribution in [2.24, 2.45) is 0 Å². The highest BCUT2D eigenvalue weighted by atomic mass is 16.5. The Morgan fingerprint density at radius 3 is 1.40 bits per heavy atom. The third-order valence-electron chi connectivity index (χ3n) is 5.74. The molecule has 0 radical (unpaired) electrons. The molecule has 150 valence electrons. The molecule has 0 N–H and O–H groups in total. The summed E-state index contributed by atoms with van der Waals surface area (Å²) in [6.45, 7) is 8.47. The van der Waals surface area contributed by atoms with Crippen LogP contribution >= 0.6 is 0 Å². The van der Waals surface area contributed by atoms with Gasteiger partial charge in [-0.2, -0.15) is 0 Å². The zero-order valence-electron chi connectivity index (χ0n) is 17.6. The van der Waals surface area contributed by atoms with Crippen molar-refractivity contribution in [1.29, 1.82) is 10.5 Å². The van der Waals surface area contributed by atoms with Crippen molar-refractivity contribution in [3.05, 3.63) is 95.1 Å². The van der Waals surface area contributed by atoms with Crippen LogP contribution in [0.2, 0.25) is 0 Å². The molecule has 0 amide bonds. The Morgan fingerprint density at radius 1 is 0.600 bits per heavy atom. The maximum atomic E-state index is 9.02. The summed E-state index contributed by atoms with van der Waals surface area (Å²) >= 11 is 0. The number of hydrogen-bond acceptors (Lipinski definition) is 4. The summed E-state index contributed by atoms with van der Waals surface area (Å²) in [7, 11) is 0. The van der Waals surface area contributed by atoms with Gasteiger partial charge in [0.15, 0.2) is 0 Å². The molecule has 3 rings (SSSR count). The van der Waals surface area contributed by atoms with E-state index in [-0.39, 0.29) is 10.8 Å². The van der Waals surface area contributed by atoms with Crippen LogP contribution in [0, 0.1) is 23.0 Å². The molecule has 0 saturated carbocycles. The number of nitrogens with zero attached hydrogens (tertiary/aromatic N) is 2.